The number of nitrogens with zero attached hydrogens (tertiary/aromatic N) is 5. The third kappa shape index (κ3) is 3.28. The van der Waals surface area contributed by atoms with Gasteiger partial charge >= 0.3 is 0 Å². The van der Waals surface area contributed by atoms with Crippen molar-refractivity contribution in [3.63, 3.8) is 0 Å². The number of carbonyl (C=O) groups excluding carboxylic acids is 1. The Morgan fingerprint density at radius 3 is 2.14 bits per heavy atom. The number of para-hydroxylation sites is 2. The fourth-order valence-electron chi connectivity index (χ4n) is 3.28. The number of benzene rings is 2. The highest BCUT2D eigenvalue weighted by atomic mass is 16.1. The van der Waals surface area contributed by atoms with E-state index in [1.165, 1.54) is 6.20 Å². The van der Waals surface area contributed by atoms with Gasteiger partial charge in [0.2, 0.25) is 0 Å². The molecule has 0 aliphatic rings. The van der Waals surface area contributed by atoms with Crippen LogP contribution in [0.25, 0.3) is 11.4 Å². The lowest BCUT2D eigenvalue weighted by atomic mass is 10.1. The molecule has 0 aliphatic heterocycles. The van der Waals surface area contributed by atoms with Gasteiger partial charge in [0.15, 0.2) is 5.82 Å². The molecule has 0 atom stereocenters. The Labute approximate surface area is 167 Å². The van der Waals surface area contributed by atoms with E-state index in [4.69, 9.17) is 0 Å². The molecule has 2 heterocycles. The predicted molar refractivity (Wildman–Crippen MR) is 109 cm³/mol. The van der Waals surface area contributed by atoms with E-state index in [0.717, 1.165) is 17.1 Å². The van der Waals surface area contributed by atoms with Crippen molar-refractivity contribution in [1.29, 1.82) is 5.26 Å². The second-order valence-corrected chi connectivity index (χ2v) is 6.51. The smallest absolute Gasteiger partial charge is 0.260 e. The van der Waals surface area contributed by atoms with Crippen LogP contribution in [0, 0.1) is 25.2 Å². The van der Waals surface area contributed by atoms with Gasteiger partial charge in [0.25, 0.3) is 5.91 Å². The number of hydrogen-bond donors (Lipinski definition) is 1. The molecule has 1 N–H and O–H groups in total. The topological polar surface area (TPSA) is 88.5 Å². The van der Waals surface area contributed by atoms with Crippen molar-refractivity contribution in [2.24, 2.45) is 0 Å². The third-order valence-corrected chi connectivity index (χ3v) is 4.64. The molecule has 0 saturated carbocycles. The van der Waals surface area contributed by atoms with Crippen molar-refractivity contribution >= 4 is 11.7 Å². The van der Waals surface area contributed by atoms with Crippen LogP contribution in [0.4, 0.5) is 5.82 Å². The Balaban J connectivity index is 1.73. The van der Waals surface area contributed by atoms with Crippen LogP contribution in [-0.4, -0.2) is 25.5 Å². The van der Waals surface area contributed by atoms with Crippen LogP contribution < -0.4 is 5.32 Å². The first-order valence-electron chi connectivity index (χ1n) is 9.06. The average Bonchev–Trinajstić information content (AvgIpc) is 3.29. The van der Waals surface area contributed by atoms with Gasteiger partial charge in [-0.15, -0.1) is 0 Å². The van der Waals surface area contributed by atoms with E-state index in [0.29, 0.717) is 17.1 Å². The third-order valence-electron chi connectivity index (χ3n) is 4.64. The molecule has 0 fully saturated rings. The lowest BCUT2D eigenvalue weighted by molar-refractivity contribution is 0.102. The number of aromatic nitrogens is 4. The maximum Gasteiger partial charge on any atom is 0.260 e. The summed E-state index contributed by atoms with van der Waals surface area (Å²) in [7, 11) is 0. The fraction of sp³-hybridized carbons (Fsp3) is 0.0909. The van der Waals surface area contributed by atoms with Crippen LogP contribution in [0.2, 0.25) is 0 Å². The molecule has 1 amide bonds. The van der Waals surface area contributed by atoms with Gasteiger partial charge in [-0.3, -0.25) is 4.79 Å². The molecule has 0 aliphatic carbocycles. The first kappa shape index (κ1) is 18.2. The summed E-state index contributed by atoms with van der Waals surface area (Å²) in [5.41, 5.74) is 3.70. The zero-order chi connectivity index (χ0) is 20.4. The number of anilines is 1. The van der Waals surface area contributed by atoms with Crippen LogP contribution in [-0.2, 0) is 0 Å². The van der Waals surface area contributed by atoms with E-state index in [9.17, 15) is 10.1 Å². The van der Waals surface area contributed by atoms with Crippen molar-refractivity contribution in [3.8, 4) is 17.4 Å². The van der Waals surface area contributed by atoms with Gasteiger partial charge in [0, 0.05) is 0 Å². The molecule has 0 saturated heterocycles. The molecule has 4 aromatic rings. The van der Waals surface area contributed by atoms with Crippen molar-refractivity contribution in [2.45, 2.75) is 13.8 Å². The Hall–Kier alpha value is -4.18. The Kier molecular flexibility index (Phi) is 4.67. The number of nitriles is 1. The minimum absolute atomic E-state index is 0.285. The molecular formula is C22H18N6O. The normalized spacial score (nSPS) is 10.5. The number of rotatable bonds is 4. The molecule has 0 radical (unpaired) electrons. The van der Waals surface area contributed by atoms with E-state index < -0.39 is 0 Å². The van der Waals surface area contributed by atoms with Gasteiger partial charge in [-0.05, 0) is 38.1 Å². The van der Waals surface area contributed by atoms with Crippen LogP contribution in [0.3, 0.4) is 0 Å². The van der Waals surface area contributed by atoms with Gasteiger partial charge < -0.3 is 5.32 Å². The van der Waals surface area contributed by atoms with Gasteiger partial charge in [0.1, 0.15) is 11.6 Å². The van der Waals surface area contributed by atoms with Crippen LogP contribution in [0.15, 0.2) is 66.9 Å². The standard InChI is InChI=1S/C22H18N6O/c1-15-20(16(2)27(26-15)18-9-5-3-6-10-18)22(29)25-21-17(13-23)14-24-28(21)19-11-7-4-8-12-19/h3-12,14H,1-2H3,(H,25,29). The SMILES string of the molecule is Cc1nn(-c2ccccc2)c(C)c1C(=O)Nc1c(C#N)cnn1-c1ccccc1. The summed E-state index contributed by atoms with van der Waals surface area (Å²) in [6.07, 6.45) is 1.44. The zero-order valence-corrected chi connectivity index (χ0v) is 16.0. The van der Waals surface area contributed by atoms with Crippen molar-refractivity contribution in [3.05, 3.63) is 89.4 Å². The first-order chi connectivity index (χ1) is 14.1. The van der Waals surface area contributed by atoms with Crippen molar-refractivity contribution in [2.75, 3.05) is 5.32 Å². The molecule has 4 rings (SSSR count). The summed E-state index contributed by atoms with van der Waals surface area (Å²) in [5, 5.41) is 21.1. The van der Waals surface area contributed by atoms with E-state index in [1.54, 1.807) is 16.3 Å². The maximum absolute atomic E-state index is 13.1. The first-order valence-corrected chi connectivity index (χ1v) is 9.06. The summed E-state index contributed by atoms with van der Waals surface area (Å²) in [6.45, 7) is 3.64. The minimum Gasteiger partial charge on any atom is -0.305 e. The summed E-state index contributed by atoms with van der Waals surface area (Å²) >= 11 is 0. The molecule has 0 unspecified atom stereocenters. The highest BCUT2D eigenvalue weighted by Gasteiger charge is 2.22. The predicted octanol–water partition coefficient (Wildman–Crippen LogP) is 3.80. The fourth-order valence-corrected chi connectivity index (χ4v) is 3.28. The quantitative estimate of drug-likeness (QED) is 0.581. The van der Waals surface area contributed by atoms with Crippen LogP contribution in [0.1, 0.15) is 27.3 Å². The maximum atomic E-state index is 13.1. The second kappa shape index (κ2) is 7.44. The van der Waals surface area contributed by atoms with Gasteiger partial charge in [-0.2, -0.15) is 15.5 Å². The Morgan fingerprint density at radius 1 is 0.966 bits per heavy atom. The molecule has 0 spiro atoms. The monoisotopic (exact) mass is 382 g/mol. The number of carbonyl (C=O) groups is 1. The van der Waals surface area contributed by atoms with E-state index in [-0.39, 0.29) is 11.5 Å². The number of hydrogen-bond acceptors (Lipinski definition) is 4. The van der Waals surface area contributed by atoms with E-state index in [2.05, 4.69) is 21.6 Å². The Morgan fingerprint density at radius 2 is 1.55 bits per heavy atom. The lowest BCUT2D eigenvalue weighted by Crippen LogP contribution is -2.17. The number of amides is 1. The minimum atomic E-state index is -0.337. The molecule has 142 valence electrons. The summed E-state index contributed by atoms with van der Waals surface area (Å²) in [6, 6.07) is 21.0. The lowest BCUT2D eigenvalue weighted by Gasteiger charge is -2.10. The summed E-state index contributed by atoms with van der Waals surface area (Å²) in [5.74, 6) is -0.00803. The van der Waals surface area contributed by atoms with E-state index >= 15 is 0 Å². The summed E-state index contributed by atoms with van der Waals surface area (Å²) < 4.78 is 3.28. The highest BCUT2D eigenvalue weighted by Crippen LogP contribution is 2.23. The molecule has 2 aromatic heterocycles. The molecule has 29 heavy (non-hydrogen) atoms. The number of nitrogens with one attached hydrogen (secondary N) is 1. The largest absolute Gasteiger partial charge is 0.305 e. The zero-order valence-electron chi connectivity index (χ0n) is 16.0. The molecule has 7 heteroatoms. The highest BCUT2D eigenvalue weighted by molar-refractivity contribution is 6.06. The van der Waals surface area contributed by atoms with Crippen molar-refractivity contribution < 1.29 is 4.79 Å². The second-order valence-electron chi connectivity index (χ2n) is 6.51. The average molecular weight is 382 g/mol. The molecule has 0 bridgehead atoms. The van der Waals surface area contributed by atoms with E-state index in [1.807, 2.05) is 67.6 Å². The van der Waals surface area contributed by atoms with Crippen molar-refractivity contribution in [1.82, 2.24) is 19.6 Å². The number of aryl methyl sites for hydroxylation is 1. The van der Waals surface area contributed by atoms with Gasteiger partial charge in [-0.1, -0.05) is 36.4 Å². The summed E-state index contributed by atoms with van der Waals surface area (Å²) in [4.78, 5) is 13.1. The Bertz CT molecular complexity index is 1220. The molecular weight excluding hydrogens is 364 g/mol. The van der Waals surface area contributed by atoms with Gasteiger partial charge in [0.05, 0.1) is 34.5 Å². The molecule has 7 nitrogen and oxygen atoms in total. The molecule has 2 aromatic carbocycles. The van der Waals surface area contributed by atoms with Gasteiger partial charge in [-0.25, -0.2) is 9.36 Å². The van der Waals surface area contributed by atoms with Crippen LogP contribution >= 0.6 is 0 Å². The van der Waals surface area contributed by atoms with Crippen LogP contribution in [0.5, 0.6) is 0 Å².